The van der Waals surface area contributed by atoms with Gasteiger partial charge in [-0.1, -0.05) is 0 Å². The number of hydrogen-bond acceptors (Lipinski definition) is 5. The molecule has 1 fully saturated rings. The van der Waals surface area contributed by atoms with Crippen LogP contribution in [0.4, 0.5) is 11.5 Å². The van der Waals surface area contributed by atoms with E-state index in [9.17, 15) is 9.59 Å². The van der Waals surface area contributed by atoms with Gasteiger partial charge in [0.1, 0.15) is 0 Å². The number of carboxylic acid groups (broad SMARTS) is 1. The van der Waals surface area contributed by atoms with Crippen LogP contribution >= 0.6 is 0 Å². The number of primary amides is 1. The summed E-state index contributed by atoms with van der Waals surface area (Å²) in [5.74, 6) is -1.30. The van der Waals surface area contributed by atoms with Crippen LogP contribution < -0.4 is 16.4 Å². The summed E-state index contributed by atoms with van der Waals surface area (Å²) < 4.78 is 0. The largest absolute Gasteiger partial charge is 0.477 e. The Labute approximate surface area is 103 Å². The van der Waals surface area contributed by atoms with E-state index < -0.39 is 5.97 Å². The van der Waals surface area contributed by atoms with Crippen LogP contribution in [0.25, 0.3) is 0 Å². The average Bonchev–Trinajstić information content (AvgIpc) is 2.78. The van der Waals surface area contributed by atoms with Crippen LogP contribution in [0, 0.1) is 5.92 Å². The summed E-state index contributed by atoms with van der Waals surface area (Å²) >= 11 is 0. The van der Waals surface area contributed by atoms with Crippen molar-refractivity contribution in [3.8, 4) is 0 Å². The van der Waals surface area contributed by atoms with Crippen LogP contribution in [0.1, 0.15) is 16.9 Å². The fourth-order valence-electron chi connectivity index (χ4n) is 2.02. The minimum atomic E-state index is -1.11. The smallest absolute Gasteiger partial charge is 0.354 e. The Morgan fingerprint density at radius 3 is 2.72 bits per heavy atom. The summed E-state index contributed by atoms with van der Waals surface area (Å²) in [6.07, 6.45) is 0.633. The van der Waals surface area contributed by atoms with Gasteiger partial charge in [-0.25, -0.2) is 9.78 Å². The molecule has 0 bridgehead atoms. The molecule has 1 aliphatic rings. The molecule has 1 aliphatic heterocycles. The first kappa shape index (κ1) is 12.2. The van der Waals surface area contributed by atoms with Crippen molar-refractivity contribution in [2.75, 3.05) is 23.7 Å². The summed E-state index contributed by atoms with van der Waals surface area (Å²) in [7, 11) is 0. The fourth-order valence-corrected chi connectivity index (χ4v) is 2.02. The van der Waals surface area contributed by atoms with E-state index in [1.807, 2.05) is 0 Å². The molecule has 1 saturated heterocycles. The van der Waals surface area contributed by atoms with E-state index in [0.717, 1.165) is 0 Å². The standard InChI is InChI=1S/C11H14N4O3/c12-7-1-2-8(11(17)18)14-10(7)15-4-3-6(5-15)9(13)16/h1-2,6H,3-5,12H2,(H2,13,16)(H,17,18). The number of carboxylic acids is 1. The molecule has 1 unspecified atom stereocenters. The highest BCUT2D eigenvalue weighted by Gasteiger charge is 2.28. The van der Waals surface area contributed by atoms with Gasteiger partial charge >= 0.3 is 5.97 Å². The number of pyridine rings is 1. The van der Waals surface area contributed by atoms with Crippen molar-refractivity contribution in [2.24, 2.45) is 11.7 Å². The monoisotopic (exact) mass is 250 g/mol. The lowest BCUT2D eigenvalue weighted by Crippen LogP contribution is -2.28. The van der Waals surface area contributed by atoms with E-state index in [2.05, 4.69) is 4.98 Å². The van der Waals surface area contributed by atoms with Crippen molar-refractivity contribution in [1.29, 1.82) is 0 Å². The third-order valence-corrected chi connectivity index (χ3v) is 3.01. The molecule has 0 aliphatic carbocycles. The first-order valence-corrected chi connectivity index (χ1v) is 5.53. The number of nitrogen functional groups attached to an aromatic ring is 1. The van der Waals surface area contributed by atoms with E-state index in [1.54, 1.807) is 4.90 Å². The van der Waals surface area contributed by atoms with Crippen LogP contribution in [0.3, 0.4) is 0 Å². The van der Waals surface area contributed by atoms with E-state index in [-0.39, 0.29) is 17.5 Å². The number of nitrogens with zero attached hydrogens (tertiary/aromatic N) is 2. The van der Waals surface area contributed by atoms with E-state index in [1.165, 1.54) is 12.1 Å². The average molecular weight is 250 g/mol. The highest BCUT2D eigenvalue weighted by Crippen LogP contribution is 2.27. The number of carbonyl (C=O) groups is 2. The summed E-state index contributed by atoms with van der Waals surface area (Å²) in [6, 6.07) is 2.85. The van der Waals surface area contributed by atoms with Gasteiger partial charge in [0.25, 0.3) is 0 Å². The SMILES string of the molecule is NC(=O)C1CCN(c2nc(C(=O)O)ccc2N)C1. The summed E-state index contributed by atoms with van der Waals surface area (Å²) in [6.45, 7) is 1.02. The molecule has 1 atom stereocenters. The van der Waals surface area contributed by atoms with Crippen molar-refractivity contribution < 1.29 is 14.7 Å². The second kappa shape index (κ2) is 4.52. The normalized spacial score (nSPS) is 18.9. The van der Waals surface area contributed by atoms with Gasteiger partial charge in [0.2, 0.25) is 5.91 Å². The number of carbonyl (C=O) groups excluding carboxylic acids is 1. The predicted molar refractivity (Wildman–Crippen MR) is 65.1 cm³/mol. The maximum Gasteiger partial charge on any atom is 0.354 e. The second-order valence-electron chi connectivity index (χ2n) is 4.25. The number of aromatic nitrogens is 1. The van der Waals surface area contributed by atoms with Gasteiger partial charge in [0.15, 0.2) is 11.5 Å². The third kappa shape index (κ3) is 2.20. The van der Waals surface area contributed by atoms with Crippen molar-refractivity contribution in [3.63, 3.8) is 0 Å². The summed E-state index contributed by atoms with van der Waals surface area (Å²) in [4.78, 5) is 27.7. The minimum Gasteiger partial charge on any atom is -0.477 e. The zero-order chi connectivity index (χ0) is 13.3. The van der Waals surface area contributed by atoms with E-state index in [0.29, 0.717) is 31.0 Å². The topological polar surface area (TPSA) is 123 Å². The Morgan fingerprint density at radius 2 is 2.17 bits per heavy atom. The molecule has 7 heteroatoms. The zero-order valence-electron chi connectivity index (χ0n) is 9.67. The van der Waals surface area contributed by atoms with Crippen LogP contribution in [-0.4, -0.2) is 35.1 Å². The second-order valence-corrected chi connectivity index (χ2v) is 4.25. The molecule has 2 rings (SSSR count). The molecule has 7 nitrogen and oxygen atoms in total. The van der Waals surface area contributed by atoms with Gasteiger partial charge in [0, 0.05) is 13.1 Å². The quantitative estimate of drug-likeness (QED) is 0.675. The van der Waals surface area contributed by atoms with Crippen molar-refractivity contribution in [3.05, 3.63) is 17.8 Å². The Bertz CT molecular complexity index is 503. The lowest BCUT2D eigenvalue weighted by Gasteiger charge is -2.19. The molecule has 0 spiro atoms. The number of amides is 1. The Kier molecular flexibility index (Phi) is 3.05. The highest BCUT2D eigenvalue weighted by atomic mass is 16.4. The fraction of sp³-hybridized carbons (Fsp3) is 0.364. The number of hydrogen-bond donors (Lipinski definition) is 3. The highest BCUT2D eigenvalue weighted by molar-refractivity contribution is 5.87. The molecular formula is C11H14N4O3. The van der Waals surface area contributed by atoms with Crippen molar-refractivity contribution in [2.45, 2.75) is 6.42 Å². The summed E-state index contributed by atoms with van der Waals surface area (Å²) in [5, 5.41) is 8.89. The molecule has 0 radical (unpaired) electrons. The lowest BCUT2D eigenvalue weighted by molar-refractivity contribution is -0.121. The van der Waals surface area contributed by atoms with Crippen molar-refractivity contribution in [1.82, 2.24) is 4.98 Å². The molecule has 0 aromatic carbocycles. The molecule has 0 saturated carbocycles. The lowest BCUT2D eigenvalue weighted by atomic mass is 10.1. The minimum absolute atomic E-state index is 0.0678. The molecule has 2 heterocycles. The van der Waals surface area contributed by atoms with Gasteiger partial charge in [-0.3, -0.25) is 4.79 Å². The third-order valence-electron chi connectivity index (χ3n) is 3.01. The first-order valence-electron chi connectivity index (χ1n) is 5.53. The van der Waals surface area contributed by atoms with E-state index in [4.69, 9.17) is 16.6 Å². The number of aromatic carboxylic acids is 1. The molecule has 5 N–H and O–H groups in total. The van der Waals surface area contributed by atoms with Crippen molar-refractivity contribution >= 4 is 23.4 Å². The maximum absolute atomic E-state index is 11.1. The maximum atomic E-state index is 11.1. The number of nitrogens with two attached hydrogens (primary N) is 2. The van der Waals surface area contributed by atoms with Crippen LogP contribution in [0.5, 0.6) is 0 Å². The predicted octanol–water partition coefficient (Wildman–Crippen LogP) is -0.326. The van der Waals surface area contributed by atoms with Gasteiger partial charge in [-0.2, -0.15) is 0 Å². The Hall–Kier alpha value is -2.31. The molecule has 96 valence electrons. The van der Waals surface area contributed by atoms with E-state index >= 15 is 0 Å². The van der Waals surface area contributed by atoms with Crippen LogP contribution in [-0.2, 0) is 4.79 Å². The Balaban J connectivity index is 2.26. The van der Waals surface area contributed by atoms with Crippen LogP contribution in [0.2, 0.25) is 0 Å². The molecular weight excluding hydrogens is 236 g/mol. The molecule has 1 amide bonds. The summed E-state index contributed by atoms with van der Waals surface area (Å²) in [5.41, 5.74) is 11.3. The Morgan fingerprint density at radius 1 is 1.44 bits per heavy atom. The molecule has 1 aromatic rings. The van der Waals surface area contributed by atoms with Gasteiger partial charge in [-0.15, -0.1) is 0 Å². The zero-order valence-corrected chi connectivity index (χ0v) is 9.67. The number of anilines is 2. The van der Waals surface area contributed by atoms with Gasteiger partial charge < -0.3 is 21.5 Å². The first-order chi connectivity index (χ1) is 8.49. The number of rotatable bonds is 3. The van der Waals surface area contributed by atoms with Gasteiger partial charge in [-0.05, 0) is 18.6 Å². The van der Waals surface area contributed by atoms with Crippen LogP contribution in [0.15, 0.2) is 12.1 Å². The molecule has 18 heavy (non-hydrogen) atoms. The molecule has 1 aromatic heterocycles. The van der Waals surface area contributed by atoms with Gasteiger partial charge in [0.05, 0.1) is 11.6 Å².